The van der Waals surface area contributed by atoms with E-state index in [2.05, 4.69) is 5.32 Å². The van der Waals surface area contributed by atoms with Crippen LogP contribution in [-0.4, -0.2) is 44.1 Å². The summed E-state index contributed by atoms with van der Waals surface area (Å²) in [5.41, 5.74) is 1.22. The van der Waals surface area contributed by atoms with Gasteiger partial charge in [-0.05, 0) is 44.5 Å². The summed E-state index contributed by atoms with van der Waals surface area (Å²) < 4.78 is 5.65. The van der Waals surface area contributed by atoms with Gasteiger partial charge in [0.2, 0.25) is 5.91 Å². The summed E-state index contributed by atoms with van der Waals surface area (Å²) in [4.78, 5) is 13.8. The lowest BCUT2D eigenvalue weighted by Gasteiger charge is -2.19. The molecular weight excluding hydrogens is 288 g/mol. The van der Waals surface area contributed by atoms with Crippen LogP contribution in [0.15, 0.2) is 24.3 Å². The van der Waals surface area contributed by atoms with E-state index in [1.165, 1.54) is 5.56 Å². The highest BCUT2D eigenvalue weighted by Crippen LogP contribution is 2.14. The molecule has 0 spiro atoms. The van der Waals surface area contributed by atoms with Gasteiger partial charge in [0.05, 0.1) is 6.54 Å². The minimum atomic E-state index is 0. The number of likely N-dealkylation sites (N-methyl/N-ethyl adjacent to an activating group) is 1. The predicted molar refractivity (Wildman–Crippen MR) is 87.2 cm³/mol. The van der Waals surface area contributed by atoms with Crippen LogP contribution < -0.4 is 10.1 Å². The normalized spacial score (nSPS) is 17.1. The van der Waals surface area contributed by atoms with Crippen LogP contribution in [0.25, 0.3) is 0 Å². The van der Waals surface area contributed by atoms with Crippen molar-refractivity contribution in [3.05, 3.63) is 29.8 Å². The number of hydrogen-bond donors (Lipinski definition) is 1. The zero-order chi connectivity index (χ0) is 14.4. The van der Waals surface area contributed by atoms with Crippen molar-refractivity contribution >= 4 is 18.3 Å². The van der Waals surface area contributed by atoms with Crippen LogP contribution in [0.4, 0.5) is 0 Å². The van der Waals surface area contributed by atoms with Crippen molar-refractivity contribution in [2.45, 2.75) is 19.8 Å². The second-order valence-corrected chi connectivity index (χ2v) is 5.54. The summed E-state index contributed by atoms with van der Waals surface area (Å²) in [5, 5.41) is 3.29. The number of carbonyl (C=O) groups is 1. The first kappa shape index (κ1) is 17.8. The molecule has 118 valence electrons. The van der Waals surface area contributed by atoms with Gasteiger partial charge >= 0.3 is 0 Å². The first-order chi connectivity index (χ1) is 9.65. The minimum absolute atomic E-state index is 0. The number of benzene rings is 1. The van der Waals surface area contributed by atoms with E-state index in [1.54, 1.807) is 4.90 Å². The van der Waals surface area contributed by atoms with Gasteiger partial charge in [-0.25, -0.2) is 0 Å². The molecule has 1 fully saturated rings. The maximum Gasteiger partial charge on any atom is 0.222 e. The predicted octanol–water partition coefficient (Wildman–Crippen LogP) is 2.25. The summed E-state index contributed by atoms with van der Waals surface area (Å²) in [5.74, 6) is 1.57. The number of nitrogens with one attached hydrogen (secondary N) is 1. The maximum absolute atomic E-state index is 12.0. The van der Waals surface area contributed by atoms with E-state index in [9.17, 15) is 4.79 Å². The molecule has 4 nitrogen and oxygen atoms in total. The molecule has 1 aromatic rings. The Morgan fingerprint density at radius 1 is 1.38 bits per heavy atom. The molecule has 1 aromatic carbocycles. The third-order valence-electron chi connectivity index (χ3n) is 3.77. The van der Waals surface area contributed by atoms with E-state index in [1.807, 2.05) is 38.2 Å². The molecule has 1 atom stereocenters. The van der Waals surface area contributed by atoms with Crippen molar-refractivity contribution in [3.63, 3.8) is 0 Å². The average Bonchev–Trinajstić information content (AvgIpc) is 2.93. The van der Waals surface area contributed by atoms with Crippen LogP contribution in [0.1, 0.15) is 18.4 Å². The molecule has 21 heavy (non-hydrogen) atoms. The van der Waals surface area contributed by atoms with Crippen molar-refractivity contribution in [2.75, 3.05) is 33.3 Å². The Kier molecular flexibility index (Phi) is 7.54. The zero-order valence-electron chi connectivity index (χ0n) is 12.8. The van der Waals surface area contributed by atoms with E-state index in [0.717, 1.165) is 25.3 Å². The summed E-state index contributed by atoms with van der Waals surface area (Å²) in [6, 6.07) is 7.97. The monoisotopic (exact) mass is 312 g/mol. The number of ether oxygens (including phenoxy) is 1. The van der Waals surface area contributed by atoms with E-state index in [0.29, 0.717) is 25.5 Å². The lowest BCUT2D eigenvalue weighted by Crippen LogP contribution is -2.32. The molecule has 2 rings (SSSR count). The van der Waals surface area contributed by atoms with Gasteiger partial charge in [-0.2, -0.15) is 0 Å². The quantitative estimate of drug-likeness (QED) is 0.876. The van der Waals surface area contributed by atoms with Crippen LogP contribution in [0, 0.1) is 12.8 Å². The standard InChI is InChI=1S/C16H24N2O2.ClH/c1-13-3-5-15(6-4-13)20-10-9-18(2)16(19)11-14-7-8-17-12-14;/h3-6,14,17H,7-12H2,1-2H3;1H. The van der Waals surface area contributed by atoms with Crippen molar-refractivity contribution < 1.29 is 9.53 Å². The van der Waals surface area contributed by atoms with Gasteiger partial charge in [-0.1, -0.05) is 17.7 Å². The Balaban J connectivity index is 0.00000220. The number of nitrogens with zero attached hydrogens (tertiary/aromatic N) is 1. The second-order valence-electron chi connectivity index (χ2n) is 5.54. The Hall–Kier alpha value is -1.26. The number of rotatable bonds is 6. The summed E-state index contributed by atoms with van der Waals surface area (Å²) in [7, 11) is 1.85. The molecule has 1 unspecified atom stereocenters. The first-order valence-corrected chi connectivity index (χ1v) is 7.29. The molecule has 1 N–H and O–H groups in total. The molecule has 1 saturated heterocycles. The van der Waals surface area contributed by atoms with Crippen LogP contribution >= 0.6 is 12.4 Å². The summed E-state index contributed by atoms with van der Waals surface area (Å²) in [6.45, 7) is 5.23. The number of amides is 1. The van der Waals surface area contributed by atoms with Gasteiger partial charge in [0, 0.05) is 13.5 Å². The number of aryl methyl sites for hydroxylation is 1. The van der Waals surface area contributed by atoms with Crippen molar-refractivity contribution in [1.82, 2.24) is 10.2 Å². The SMILES string of the molecule is Cc1ccc(OCCN(C)C(=O)CC2CCNC2)cc1.Cl. The third-order valence-corrected chi connectivity index (χ3v) is 3.77. The van der Waals surface area contributed by atoms with Crippen molar-refractivity contribution in [3.8, 4) is 5.75 Å². The van der Waals surface area contributed by atoms with E-state index < -0.39 is 0 Å². The highest BCUT2D eigenvalue weighted by molar-refractivity contribution is 5.85. The van der Waals surface area contributed by atoms with Crippen molar-refractivity contribution in [1.29, 1.82) is 0 Å². The van der Waals surface area contributed by atoms with Crippen LogP contribution in [0.3, 0.4) is 0 Å². The Bertz CT molecular complexity index is 430. The van der Waals surface area contributed by atoms with Crippen LogP contribution in [-0.2, 0) is 4.79 Å². The molecule has 1 aliphatic heterocycles. The number of halogens is 1. The van der Waals surface area contributed by atoms with Gasteiger partial charge < -0.3 is 15.0 Å². The van der Waals surface area contributed by atoms with E-state index in [4.69, 9.17) is 4.74 Å². The fraction of sp³-hybridized carbons (Fsp3) is 0.562. The molecule has 0 aliphatic carbocycles. The van der Waals surface area contributed by atoms with Gasteiger partial charge in [-0.3, -0.25) is 4.79 Å². The highest BCUT2D eigenvalue weighted by Gasteiger charge is 2.19. The molecule has 1 heterocycles. The van der Waals surface area contributed by atoms with Gasteiger partial charge in [0.25, 0.3) is 0 Å². The Morgan fingerprint density at radius 2 is 2.10 bits per heavy atom. The molecule has 5 heteroatoms. The molecule has 1 aliphatic rings. The third kappa shape index (κ3) is 5.94. The van der Waals surface area contributed by atoms with Crippen LogP contribution in [0.5, 0.6) is 5.75 Å². The Morgan fingerprint density at radius 3 is 2.71 bits per heavy atom. The summed E-state index contributed by atoms with van der Waals surface area (Å²) >= 11 is 0. The first-order valence-electron chi connectivity index (χ1n) is 7.29. The topological polar surface area (TPSA) is 41.6 Å². The van der Waals surface area contributed by atoms with E-state index >= 15 is 0 Å². The highest BCUT2D eigenvalue weighted by atomic mass is 35.5. The molecule has 0 radical (unpaired) electrons. The molecule has 0 bridgehead atoms. The van der Waals surface area contributed by atoms with Crippen LogP contribution in [0.2, 0.25) is 0 Å². The zero-order valence-corrected chi connectivity index (χ0v) is 13.6. The lowest BCUT2D eigenvalue weighted by molar-refractivity contribution is -0.131. The molecule has 0 saturated carbocycles. The molecule has 1 amide bonds. The maximum atomic E-state index is 12.0. The molecule has 0 aromatic heterocycles. The van der Waals surface area contributed by atoms with Gasteiger partial charge in [0.15, 0.2) is 0 Å². The Labute approximate surface area is 133 Å². The summed E-state index contributed by atoms with van der Waals surface area (Å²) in [6.07, 6.45) is 1.76. The lowest BCUT2D eigenvalue weighted by atomic mass is 10.0. The van der Waals surface area contributed by atoms with Gasteiger partial charge in [-0.15, -0.1) is 12.4 Å². The minimum Gasteiger partial charge on any atom is -0.492 e. The number of carbonyl (C=O) groups excluding carboxylic acids is 1. The smallest absolute Gasteiger partial charge is 0.222 e. The number of hydrogen-bond acceptors (Lipinski definition) is 3. The van der Waals surface area contributed by atoms with E-state index in [-0.39, 0.29) is 18.3 Å². The second kappa shape index (κ2) is 8.90. The average molecular weight is 313 g/mol. The fourth-order valence-electron chi connectivity index (χ4n) is 2.35. The largest absolute Gasteiger partial charge is 0.492 e. The van der Waals surface area contributed by atoms with Crippen molar-refractivity contribution in [2.24, 2.45) is 5.92 Å². The molecular formula is C16H25ClN2O2. The fourth-order valence-corrected chi connectivity index (χ4v) is 2.35. The van der Waals surface area contributed by atoms with Gasteiger partial charge in [0.1, 0.15) is 12.4 Å².